The first-order valence-electron chi connectivity index (χ1n) is 15.1. The lowest BCUT2D eigenvalue weighted by Gasteiger charge is -2.45. The molecule has 2 aromatic carbocycles. The molecule has 3 heterocycles. The van der Waals surface area contributed by atoms with Gasteiger partial charge in [0.2, 0.25) is 0 Å². The topological polar surface area (TPSA) is 88.1 Å². The highest BCUT2D eigenvalue weighted by molar-refractivity contribution is 7.99. The Morgan fingerprint density at radius 3 is 2.86 bits per heavy atom. The zero-order chi connectivity index (χ0) is 29.1. The molecule has 0 radical (unpaired) electrons. The number of aliphatic hydroxyl groups excluding tert-OH is 1. The van der Waals surface area contributed by atoms with Gasteiger partial charge in [0.05, 0.1) is 46.6 Å². The standard InChI is InChI=1S/C33H39ClN2O5S/c1-42(39)31-18-40-17-24(31)4-2-6-29(37)26-10-7-23(26)16-36-19-33(13-3-5-21-14-25(34)9-11-27(21)33)20-41-30-12-8-22(15-28(30)36)32(38)35-42/h2,6,8-9,11-12,14-15,23-24,26,29,31,37H,1,3-5,7,10,13,16-20H2,(H,35,38,39)/b6-2+/t23-,24+,26+,29-,31-,33-,42?/m0/s1. The molecule has 7 rings (SSSR count). The molecule has 2 aliphatic carbocycles. The van der Waals surface area contributed by atoms with Crippen LogP contribution in [0, 0.1) is 17.8 Å². The first kappa shape index (κ1) is 28.3. The molecule has 2 aromatic rings. The van der Waals surface area contributed by atoms with Gasteiger partial charge < -0.3 is 19.5 Å². The van der Waals surface area contributed by atoms with Gasteiger partial charge in [-0.05, 0) is 97.7 Å². The largest absolute Gasteiger partial charge is 0.490 e. The molecule has 1 saturated carbocycles. The number of aliphatic hydroxyl groups is 1. The summed E-state index contributed by atoms with van der Waals surface area (Å²) in [5.41, 5.74) is 3.63. The van der Waals surface area contributed by atoms with E-state index in [9.17, 15) is 14.1 Å². The number of benzene rings is 2. The van der Waals surface area contributed by atoms with Crippen molar-refractivity contribution in [3.8, 4) is 5.75 Å². The van der Waals surface area contributed by atoms with Crippen molar-refractivity contribution in [2.45, 2.75) is 55.3 Å². The molecule has 0 aromatic heterocycles. The van der Waals surface area contributed by atoms with Crippen molar-refractivity contribution in [1.29, 1.82) is 0 Å². The smallest absolute Gasteiger partial charge is 0.262 e. The van der Waals surface area contributed by atoms with Crippen LogP contribution in [0.15, 0.2) is 48.6 Å². The summed E-state index contributed by atoms with van der Waals surface area (Å²) in [7, 11) is -2.99. The predicted octanol–water partition coefficient (Wildman–Crippen LogP) is 4.54. The second-order valence-electron chi connectivity index (χ2n) is 12.9. The third-order valence-electron chi connectivity index (χ3n) is 10.3. The Labute approximate surface area is 253 Å². The van der Waals surface area contributed by atoms with Gasteiger partial charge in [-0.3, -0.25) is 9.52 Å². The Kier molecular flexibility index (Phi) is 7.32. The second-order valence-corrected chi connectivity index (χ2v) is 15.6. The van der Waals surface area contributed by atoms with Gasteiger partial charge in [0.1, 0.15) is 5.75 Å². The number of rotatable bonds is 0. The summed E-state index contributed by atoms with van der Waals surface area (Å²) in [4.78, 5) is 15.9. The highest BCUT2D eigenvalue weighted by atomic mass is 35.5. The first-order valence-corrected chi connectivity index (χ1v) is 17.3. The van der Waals surface area contributed by atoms with E-state index in [0.29, 0.717) is 31.1 Å². The summed E-state index contributed by atoms with van der Waals surface area (Å²) >= 11 is 6.40. The van der Waals surface area contributed by atoms with Crippen molar-refractivity contribution in [1.82, 2.24) is 4.72 Å². The maximum Gasteiger partial charge on any atom is 0.262 e. The van der Waals surface area contributed by atoms with E-state index in [1.807, 2.05) is 30.4 Å². The number of anilines is 1. The van der Waals surface area contributed by atoms with Crippen LogP contribution in [-0.2, 0) is 26.3 Å². The number of ether oxygens (including phenoxy) is 2. The summed E-state index contributed by atoms with van der Waals surface area (Å²) in [6.45, 7) is 2.77. The molecule has 3 aliphatic heterocycles. The van der Waals surface area contributed by atoms with Crippen LogP contribution in [0.3, 0.4) is 0 Å². The number of amides is 1. The summed E-state index contributed by atoms with van der Waals surface area (Å²) in [6, 6.07) is 11.7. The second kappa shape index (κ2) is 10.9. The fraction of sp³-hybridized carbons (Fsp3) is 0.515. The fourth-order valence-corrected chi connectivity index (χ4v) is 9.76. The molecule has 224 valence electrons. The first-order chi connectivity index (χ1) is 20.2. The van der Waals surface area contributed by atoms with E-state index in [1.165, 1.54) is 11.1 Å². The van der Waals surface area contributed by atoms with Gasteiger partial charge in [0.15, 0.2) is 0 Å². The Bertz CT molecular complexity index is 1530. The van der Waals surface area contributed by atoms with Crippen molar-refractivity contribution in [2.75, 3.05) is 37.8 Å². The van der Waals surface area contributed by atoms with Crippen LogP contribution in [-0.4, -0.2) is 65.4 Å². The third kappa shape index (κ3) is 5.04. The fourth-order valence-electron chi connectivity index (χ4n) is 7.86. The molecular formula is C33H39ClN2O5S. The zero-order valence-corrected chi connectivity index (χ0v) is 25.4. The van der Waals surface area contributed by atoms with E-state index in [0.717, 1.165) is 61.7 Å². The summed E-state index contributed by atoms with van der Waals surface area (Å²) in [6.07, 6.45) is 9.04. The quantitative estimate of drug-likeness (QED) is 0.337. The number of carbonyl (C=O) groups excluding carboxylic acids is 1. The molecule has 9 heteroatoms. The minimum Gasteiger partial charge on any atom is -0.490 e. The molecule has 42 heavy (non-hydrogen) atoms. The third-order valence-corrected chi connectivity index (χ3v) is 12.6. The van der Waals surface area contributed by atoms with E-state index >= 15 is 0 Å². The number of hydrogen-bond acceptors (Lipinski definition) is 6. The van der Waals surface area contributed by atoms with Gasteiger partial charge in [-0.1, -0.05) is 29.8 Å². The number of carbonyl (C=O) groups is 1. The molecule has 7 atom stereocenters. The van der Waals surface area contributed by atoms with E-state index in [-0.39, 0.29) is 23.9 Å². The van der Waals surface area contributed by atoms with Crippen molar-refractivity contribution in [3.05, 3.63) is 70.3 Å². The maximum atomic E-state index is 13.8. The number of halogens is 1. The lowest BCUT2D eigenvalue weighted by Crippen LogP contribution is -2.49. The Hall–Kier alpha value is -2.52. The van der Waals surface area contributed by atoms with E-state index < -0.39 is 27.0 Å². The molecule has 2 bridgehead atoms. The SMILES string of the molecule is C=S1(=O)NC(=O)c2ccc3c(c2)N(C[C@@H]2CC[C@H]2[C@@H](O)/C=C/C[C@@H]2COC[C@@H]21)C[C@@]1(CCCc2cc(Cl)ccc21)CO3. The van der Waals surface area contributed by atoms with Gasteiger partial charge in [0.25, 0.3) is 5.91 Å². The highest BCUT2D eigenvalue weighted by Crippen LogP contribution is 2.46. The number of nitrogens with zero attached hydrogens (tertiary/aromatic N) is 1. The van der Waals surface area contributed by atoms with Crippen molar-refractivity contribution >= 4 is 38.8 Å². The van der Waals surface area contributed by atoms with Crippen LogP contribution in [0.1, 0.15) is 53.6 Å². The number of nitrogens with one attached hydrogen (secondary N) is 1. The number of allylic oxidation sites excluding steroid dienone is 1. The van der Waals surface area contributed by atoms with Gasteiger partial charge in [-0.15, -0.1) is 0 Å². The van der Waals surface area contributed by atoms with Crippen molar-refractivity contribution < 1.29 is 23.6 Å². The number of aryl methyl sites for hydroxylation is 1. The van der Waals surface area contributed by atoms with Crippen LogP contribution in [0.2, 0.25) is 5.02 Å². The van der Waals surface area contributed by atoms with Crippen molar-refractivity contribution in [2.24, 2.45) is 17.8 Å². The number of hydrogen-bond donors (Lipinski definition) is 2. The average Bonchev–Trinajstić information content (AvgIpc) is 3.37. The van der Waals surface area contributed by atoms with Crippen LogP contribution in [0.5, 0.6) is 5.75 Å². The lowest BCUT2D eigenvalue weighted by molar-refractivity contribution is 0.0455. The van der Waals surface area contributed by atoms with Gasteiger partial charge in [-0.2, -0.15) is 0 Å². The monoisotopic (exact) mass is 610 g/mol. The molecule has 2 fully saturated rings. The van der Waals surface area contributed by atoms with Gasteiger partial charge >= 0.3 is 0 Å². The van der Waals surface area contributed by atoms with Crippen LogP contribution in [0.4, 0.5) is 5.69 Å². The van der Waals surface area contributed by atoms with E-state index in [2.05, 4.69) is 27.6 Å². The normalized spacial score (nSPS) is 36.9. The Morgan fingerprint density at radius 2 is 2.02 bits per heavy atom. The highest BCUT2D eigenvalue weighted by Gasteiger charge is 2.44. The van der Waals surface area contributed by atoms with Crippen molar-refractivity contribution in [3.63, 3.8) is 0 Å². The molecule has 1 saturated heterocycles. The predicted molar refractivity (Wildman–Crippen MR) is 167 cm³/mol. The lowest BCUT2D eigenvalue weighted by atomic mass is 9.68. The van der Waals surface area contributed by atoms with E-state index in [1.54, 1.807) is 6.07 Å². The summed E-state index contributed by atoms with van der Waals surface area (Å²) < 4.78 is 28.8. The molecule has 1 amide bonds. The molecule has 5 aliphatic rings. The van der Waals surface area contributed by atoms with E-state index in [4.69, 9.17) is 21.1 Å². The molecule has 1 unspecified atom stereocenters. The Morgan fingerprint density at radius 1 is 1.14 bits per heavy atom. The Balaban J connectivity index is 1.29. The minimum atomic E-state index is -2.99. The van der Waals surface area contributed by atoms with Gasteiger partial charge in [0, 0.05) is 35.0 Å². The molecule has 2 N–H and O–H groups in total. The molecular weight excluding hydrogens is 572 g/mol. The average molecular weight is 611 g/mol. The molecule has 1 spiro atoms. The molecule has 7 nitrogen and oxygen atoms in total. The van der Waals surface area contributed by atoms with Crippen LogP contribution >= 0.6 is 11.6 Å². The van der Waals surface area contributed by atoms with Crippen LogP contribution < -0.4 is 14.4 Å². The summed E-state index contributed by atoms with van der Waals surface area (Å²) in [5.74, 6) is 4.74. The van der Waals surface area contributed by atoms with Gasteiger partial charge in [-0.25, -0.2) is 4.21 Å². The summed E-state index contributed by atoms with van der Waals surface area (Å²) in [5, 5.41) is 11.6. The van der Waals surface area contributed by atoms with Crippen LogP contribution in [0.25, 0.3) is 0 Å². The minimum absolute atomic E-state index is 0.0378. The maximum absolute atomic E-state index is 13.8. The number of fused-ring (bicyclic) bond motifs is 5. The zero-order valence-electron chi connectivity index (χ0n) is 23.8.